The van der Waals surface area contributed by atoms with E-state index in [9.17, 15) is 12.8 Å². The van der Waals surface area contributed by atoms with Gasteiger partial charge >= 0.3 is 0 Å². The van der Waals surface area contributed by atoms with Gasteiger partial charge in [0, 0.05) is 11.7 Å². The predicted molar refractivity (Wildman–Crippen MR) is 81.1 cm³/mol. The predicted octanol–water partition coefficient (Wildman–Crippen LogP) is 2.91. The smallest absolute Gasteiger partial charge is 0.240 e. The number of benzene rings is 2. The molecule has 2 aromatic carbocycles. The van der Waals surface area contributed by atoms with E-state index in [0.29, 0.717) is 5.69 Å². The Bertz CT molecular complexity index is 732. The van der Waals surface area contributed by atoms with Crippen molar-refractivity contribution in [1.82, 2.24) is 4.72 Å². The summed E-state index contributed by atoms with van der Waals surface area (Å²) in [6.07, 6.45) is 0. The molecule has 0 aliphatic heterocycles. The molecular formula is C15H17FN2O2S. The zero-order chi connectivity index (χ0) is 15.5. The first-order valence-corrected chi connectivity index (χ1v) is 7.96. The topological polar surface area (TPSA) is 58.2 Å². The number of nitrogens with one attached hydrogen (secondary N) is 2. The highest BCUT2D eigenvalue weighted by Gasteiger charge is 2.13. The Kier molecular flexibility index (Phi) is 4.59. The molecule has 2 aromatic rings. The summed E-state index contributed by atoms with van der Waals surface area (Å²) in [7, 11) is -2.10. The Morgan fingerprint density at radius 1 is 1.10 bits per heavy atom. The molecule has 1 atom stereocenters. The van der Waals surface area contributed by atoms with E-state index in [1.54, 1.807) is 24.3 Å². The van der Waals surface area contributed by atoms with Crippen molar-refractivity contribution in [2.24, 2.45) is 0 Å². The highest BCUT2D eigenvalue weighted by atomic mass is 32.2. The van der Waals surface area contributed by atoms with Gasteiger partial charge in [-0.2, -0.15) is 0 Å². The second kappa shape index (κ2) is 6.24. The van der Waals surface area contributed by atoms with Gasteiger partial charge in [-0.3, -0.25) is 0 Å². The average Bonchev–Trinajstić information content (AvgIpc) is 2.47. The van der Waals surface area contributed by atoms with Crippen molar-refractivity contribution in [3.63, 3.8) is 0 Å². The lowest BCUT2D eigenvalue weighted by Gasteiger charge is -2.16. The minimum absolute atomic E-state index is 0.154. The first kappa shape index (κ1) is 15.5. The number of sulfonamides is 1. The minimum Gasteiger partial charge on any atom is -0.378 e. The Hall–Kier alpha value is -1.92. The first-order chi connectivity index (χ1) is 9.92. The second-order valence-corrected chi connectivity index (χ2v) is 6.54. The number of rotatable bonds is 5. The Balaban J connectivity index is 2.24. The van der Waals surface area contributed by atoms with E-state index >= 15 is 0 Å². The van der Waals surface area contributed by atoms with Crippen LogP contribution in [0.15, 0.2) is 53.4 Å². The molecule has 0 aliphatic rings. The van der Waals surface area contributed by atoms with Crippen LogP contribution >= 0.6 is 0 Å². The third-order valence-electron chi connectivity index (χ3n) is 3.14. The molecule has 21 heavy (non-hydrogen) atoms. The lowest BCUT2D eigenvalue weighted by atomic mass is 10.1. The van der Waals surface area contributed by atoms with E-state index in [1.807, 2.05) is 13.0 Å². The molecule has 0 amide bonds. The van der Waals surface area contributed by atoms with Gasteiger partial charge in [-0.15, -0.1) is 0 Å². The second-order valence-electron chi connectivity index (χ2n) is 4.66. The summed E-state index contributed by atoms with van der Waals surface area (Å²) in [5, 5.41) is 3.14. The van der Waals surface area contributed by atoms with Gasteiger partial charge in [-0.05, 0) is 49.9 Å². The van der Waals surface area contributed by atoms with E-state index in [2.05, 4.69) is 10.0 Å². The standard InChI is InChI=1S/C15H17FN2O2S/c1-11(18-14-7-4-6-13(16)10-14)12-5-3-8-15(9-12)21(19,20)17-2/h3-11,17-18H,1-2H3/t11-/m1/s1. The van der Waals surface area contributed by atoms with E-state index < -0.39 is 10.0 Å². The fourth-order valence-electron chi connectivity index (χ4n) is 1.98. The SMILES string of the molecule is CNS(=O)(=O)c1cccc([C@@H](C)Nc2cccc(F)c2)c1. The normalized spacial score (nSPS) is 12.9. The summed E-state index contributed by atoms with van der Waals surface area (Å²) in [5.74, 6) is -0.321. The van der Waals surface area contributed by atoms with Crippen LogP contribution in [-0.2, 0) is 10.0 Å². The summed E-state index contributed by atoms with van der Waals surface area (Å²) in [5.41, 5.74) is 1.44. The van der Waals surface area contributed by atoms with Crippen molar-refractivity contribution < 1.29 is 12.8 Å². The summed E-state index contributed by atoms with van der Waals surface area (Å²) in [4.78, 5) is 0.204. The Morgan fingerprint density at radius 2 is 1.81 bits per heavy atom. The quantitative estimate of drug-likeness (QED) is 0.893. The lowest BCUT2D eigenvalue weighted by molar-refractivity contribution is 0.588. The van der Waals surface area contributed by atoms with E-state index in [4.69, 9.17) is 0 Å². The van der Waals surface area contributed by atoms with Gasteiger partial charge in [0.05, 0.1) is 4.90 Å². The summed E-state index contributed by atoms with van der Waals surface area (Å²) in [6.45, 7) is 1.88. The third kappa shape index (κ3) is 3.80. The molecule has 112 valence electrons. The highest BCUT2D eigenvalue weighted by molar-refractivity contribution is 7.89. The molecule has 2 N–H and O–H groups in total. The van der Waals surface area contributed by atoms with Gasteiger partial charge in [0.25, 0.3) is 0 Å². The molecular weight excluding hydrogens is 291 g/mol. The third-order valence-corrected chi connectivity index (χ3v) is 4.56. The molecule has 4 nitrogen and oxygen atoms in total. The van der Waals surface area contributed by atoms with E-state index in [1.165, 1.54) is 25.2 Å². The molecule has 0 aromatic heterocycles. The van der Waals surface area contributed by atoms with Gasteiger partial charge in [0.1, 0.15) is 5.82 Å². The Morgan fingerprint density at radius 3 is 2.48 bits per heavy atom. The Labute approximate surface area is 124 Å². The monoisotopic (exact) mass is 308 g/mol. The molecule has 0 aliphatic carbocycles. The number of hydrogen-bond donors (Lipinski definition) is 2. The van der Waals surface area contributed by atoms with Crippen LogP contribution in [-0.4, -0.2) is 15.5 Å². The van der Waals surface area contributed by atoms with Gasteiger partial charge in [0.15, 0.2) is 0 Å². The van der Waals surface area contributed by atoms with Crippen LogP contribution in [0.25, 0.3) is 0 Å². The molecule has 6 heteroatoms. The van der Waals surface area contributed by atoms with Crippen molar-refractivity contribution in [1.29, 1.82) is 0 Å². The minimum atomic E-state index is -3.47. The fraction of sp³-hybridized carbons (Fsp3) is 0.200. The molecule has 0 fully saturated rings. The number of hydrogen-bond acceptors (Lipinski definition) is 3. The van der Waals surface area contributed by atoms with Crippen LogP contribution in [0.3, 0.4) is 0 Å². The van der Waals surface area contributed by atoms with Crippen molar-refractivity contribution in [3.8, 4) is 0 Å². The van der Waals surface area contributed by atoms with Gasteiger partial charge in [-0.1, -0.05) is 18.2 Å². The van der Waals surface area contributed by atoms with Gasteiger partial charge in [0.2, 0.25) is 10.0 Å². The largest absolute Gasteiger partial charge is 0.378 e. The van der Waals surface area contributed by atoms with E-state index in [0.717, 1.165) is 5.56 Å². The molecule has 0 bridgehead atoms. The summed E-state index contributed by atoms with van der Waals surface area (Å²) in [6, 6.07) is 12.6. The molecule has 0 radical (unpaired) electrons. The fourth-order valence-corrected chi connectivity index (χ4v) is 2.77. The number of anilines is 1. The zero-order valence-electron chi connectivity index (χ0n) is 11.8. The highest BCUT2D eigenvalue weighted by Crippen LogP contribution is 2.22. The molecule has 0 spiro atoms. The van der Waals surface area contributed by atoms with Gasteiger partial charge in [-0.25, -0.2) is 17.5 Å². The average molecular weight is 308 g/mol. The van der Waals surface area contributed by atoms with E-state index in [-0.39, 0.29) is 16.8 Å². The maximum atomic E-state index is 13.2. The molecule has 0 unspecified atom stereocenters. The van der Waals surface area contributed by atoms with Gasteiger partial charge < -0.3 is 5.32 Å². The molecule has 2 rings (SSSR count). The summed E-state index contributed by atoms with van der Waals surface area (Å²) < 4.78 is 39.0. The summed E-state index contributed by atoms with van der Waals surface area (Å²) >= 11 is 0. The van der Waals surface area contributed by atoms with Crippen LogP contribution in [0.4, 0.5) is 10.1 Å². The first-order valence-electron chi connectivity index (χ1n) is 6.48. The van der Waals surface area contributed by atoms with Crippen molar-refractivity contribution in [2.75, 3.05) is 12.4 Å². The van der Waals surface area contributed by atoms with Crippen molar-refractivity contribution in [2.45, 2.75) is 17.9 Å². The van der Waals surface area contributed by atoms with Crippen LogP contribution in [0.5, 0.6) is 0 Å². The van der Waals surface area contributed by atoms with Crippen LogP contribution in [0.1, 0.15) is 18.5 Å². The lowest BCUT2D eigenvalue weighted by Crippen LogP contribution is -2.19. The van der Waals surface area contributed by atoms with Crippen LogP contribution < -0.4 is 10.0 Å². The maximum absolute atomic E-state index is 13.2. The molecule has 0 saturated heterocycles. The molecule has 0 heterocycles. The van der Waals surface area contributed by atoms with Crippen molar-refractivity contribution >= 4 is 15.7 Å². The molecule has 0 saturated carbocycles. The maximum Gasteiger partial charge on any atom is 0.240 e. The number of halogens is 1. The zero-order valence-corrected chi connectivity index (χ0v) is 12.6. The van der Waals surface area contributed by atoms with Crippen LogP contribution in [0.2, 0.25) is 0 Å². The van der Waals surface area contributed by atoms with Crippen LogP contribution in [0, 0.1) is 5.82 Å². The van der Waals surface area contributed by atoms with Crippen molar-refractivity contribution in [3.05, 3.63) is 59.9 Å².